The standard InChI is InChI=1S/C20H20N6OS/c1-4-26-12-15(11-22-26)10-21-24-19(27)18-17(25-7-5-6-8-25)16-13(2)9-14(3)23-20(16)28-18/h5-12H,4H2,1-3H3,(H,24,27)/b21-10+. The quantitative estimate of drug-likeness (QED) is 0.416. The van der Waals surface area contributed by atoms with Crippen molar-refractivity contribution in [2.24, 2.45) is 5.10 Å². The van der Waals surface area contributed by atoms with Gasteiger partial charge in [0, 0.05) is 41.8 Å². The number of hydrogen-bond donors (Lipinski definition) is 1. The van der Waals surface area contributed by atoms with Crippen LogP contribution in [0.15, 0.2) is 48.1 Å². The molecule has 0 fully saturated rings. The summed E-state index contributed by atoms with van der Waals surface area (Å²) in [6, 6.07) is 5.91. The number of nitrogens with one attached hydrogen (secondary N) is 1. The number of nitrogens with zero attached hydrogens (tertiary/aromatic N) is 5. The molecule has 4 rings (SSSR count). The first-order chi connectivity index (χ1) is 13.6. The maximum Gasteiger partial charge on any atom is 0.283 e. The Morgan fingerprint density at radius 1 is 1.32 bits per heavy atom. The van der Waals surface area contributed by atoms with E-state index in [1.54, 1.807) is 17.1 Å². The van der Waals surface area contributed by atoms with Gasteiger partial charge in [-0.15, -0.1) is 11.3 Å². The predicted octanol–water partition coefficient (Wildman–Crippen LogP) is 3.68. The number of aryl methyl sites for hydroxylation is 3. The molecule has 1 amide bonds. The van der Waals surface area contributed by atoms with Crippen LogP contribution in [0.25, 0.3) is 15.9 Å². The number of carbonyl (C=O) groups excluding carboxylic acids is 1. The SMILES string of the molecule is CCn1cc(/C=N/NC(=O)c2sc3nc(C)cc(C)c3c2-n2cccc2)cn1. The second-order valence-electron chi connectivity index (χ2n) is 6.46. The van der Waals surface area contributed by atoms with E-state index in [0.717, 1.165) is 39.3 Å². The van der Waals surface area contributed by atoms with Crippen molar-refractivity contribution >= 4 is 33.7 Å². The third kappa shape index (κ3) is 3.34. The van der Waals surface area contributed by atoms with Gasteiger partial charge in [-0.3, -0.25) is 9.48 Å². The van der Waals surface area contributed by atoms with E-state index in [1.165, 1.54) is 11.3 Å². The minimum Gasteiger partial charge on any atom is -0.322 e. The Hall–Kier alpha value is -3.26. The largest absolute Gasteiger partial charge is 0.322 e. The van der Waals surface area contributed by atoms with Crippen LogP contribution in [0.5, 0.6) is 0 Å². The number of amides is 1. The summed E-state index contributed by atoms with van der Waals surface area (Å²) >= 11 is 1.38. The van der Waals surface area contributed by atoms with Crippen LogP contribution in [-0.2, 0) is 6.54 Å². The molecule has 28 heavy (non-hydrogen) atoms. The molecule has 4 heterocycles. The van der Waals surface area contributed by atoms with Gasteiger partial charge in [-0.25, -0.2) is 10.4 Å². The third-order valence-corrected chi connectivity index (χ3v) is 5.46. The average molecular weight is 392 g/mol. The first-order valence-electron chi connectivity index (χ1n) is 8.96. The third-order valence-electron chi connectivity index (χ3n) is 4.39. The van der Waals surface area contributed by atoms with E-state index >= 15 is 0 Å². The molecule has 0 unspecified atom stereocenters. The molecule has 142 valence electrons. The number of aromatic nitrogens is 4. The molecule has 7 nitrogen and oxygen atoms in total. The number of fused-ring (bicyclic) bond motifs is 1. The van der Waals surface area contributed by atoms with E-state index in [-0.39, 0.29) is 5.91 Å². The summed E-state index contributed by atoms with van der Waals surface area (Å²) in [6.07, 6.45) is 9.03. The minimum absolute atomic E-state index is 0.261. The molecular weight excluding hydrogens is 372 g/mol. The van der Waals surface area contributed by atoms with Crippen LogP contribution in [0.4, 0.5) is 0 Å². The van der Waals surface area contributed by atoms with Gasteiger partial charge in [-0.2, -0.15) is 10.2 Å². The van der Waals surface area contributed by atoms with E-state index in [4.69, 9.17) is 0 Å². The molecule has 4 aromatic heterocycles. The average Bonchev–Trinajstić information content (AvgIpc) is 3.40. The summed E-state index contributed by atoms with van der Waals surface area (Å²) in [7, 11) is 0. The van der Waals surface area contributed by atoms with Gasteiger partial charge >= 0.3 is 0 Å². The highest BCUT2D eigenvalue weighted by Gasteiger charge is 2.22. The first kappa shape index (κ1) is 18.1. The van der Waals surface area contributed by atoms with Crippen molar-refractivity contribution in [1.29, 1.82) is 0 Å². The van der Waals surface area contributed by atoms with Crippen molar-refractivity contribution in [2.45, 2.75) is 27.3 Å². The van der Waals surface area contributed by atoms with Gasteiger partial charge < -0.3 is 4.57 Å². The fourth-order valence-electron chi connectivity index (χ4n) is 3.14. The molecule has 0 radical (unpaired) electrons. The first-order valence-corrected chi connectivity index (χ1v) is 9.78. The monoisotopic (exact) mass is 392 g/mol. The molecule has 8 heteroatoms. The summed E-state index contributed by atoms with van der Waals surface area (Å²) in [5, 5.41) is 9.28. The van der Waals surface area contributed by atoms with Gasteiger partial charge in [-0.1, -0.05) is 0 Å². The molecule has 0 spiro atoms. The van der Waals surface area contributed by atoms with Crippen LogP contribution >= 0.6 is 11.3 Å². The predicted molar refractivity (Wildman–Crippen MR) is 111 cm³/mol. The Morgan fingerprint density at radius 2 is 2.11 bits per heavy atom. The minimum atomic E-state index is -0.261. The van der Waals surface area contributed by atoms with Gasteiger partial charge in [-0.05, 0) is 44.5 Å². The van der Waals surface area contributed by atoms with Crippen LogP contribution in [-0.4, -0.2) is 31.5 Å². The van der Waals surface area contributed by atoms with Crippen molar-refractivity contribution in [3.05, 3.63) is 64.7 Å². The highest BCUT2D eigenvalue weighted by atomic mass is 32.1. The molecule has 4 aromatic rings. The van der Waals surface area contributed by atoms with Gasteiger partial charge in [0.05, 0.1) is 18.1 Å². The van der Waals surface area contributed by atoms with E-state index in [1.807, 2.05) is 62.1 Å². The van der Waals surface area contributed by atoms with Crippen LogP contribution in [0.1, 0.15) is 33.4 Å². The molecule has 0 aromatic carbocycles. The lowest BCUT2D eigenvalue weighted by molar-refractivity contribution is 0.0959. The summed E-state index contributed by atoms with van der Waals surface area (Å²) in [6.45, 7) is 6.80. The Morgan fingerprint density at radius 3 is 2.82 bits per heavy atom. The molecule has 0 aliphatic rings. The van der Waals surface area contributed by atoms with Crippen molar-refractivity contribution in [3.8, 4) is 5.69 Å². The number of carbonyl (C=O) groups is 1. The van der Waals surface area contributed by atoms with E-state index < -0.39 is 0 Å². The van der Waals surface area contributed by atoms with Crippen molar-refractivity contribution < 1.29 is 4.79 Å². The van der Waals surface area contributed by atoms with Crippen LogP contribution < -0.4 is 5.43 Å². The van der Waals surface area contributed by atoms with Gasteiger partial charge in [0.2, 0.25) is 0 Å². The van der Waals surface area contributed by atoms with Crippen molar-refractivity contribution in [2.75, 3.05) is 0 Å². The zero-order chi connectivity index (χ0) is 19.7. The lowest BCUT2D eigenvalue weighted by Crippen LogP contribution is -2.18. The summed E-state index contributed by atoms with van der Waals surface area (Å²) in [5.74, 6) is -0.261. The van der Waals surface area contributed by atoms with Gasteiger partial charge in [0.15, 0.2) is 0 Å². The maximum atomic E-state index is 12.9. The van der Waals surface area contributed by atoms with Crippen LogP contribution in [0, 0.1) is 13.8 Å². The van der Waals surface area contributed by atoms with Crippen molar-refractivity contribution in [3.63, 3.8) is 0 Å². The van der Waals surface area contributed by atoms with E-state index in [9.17, 15) is 4.79 Å². The maximum absolute atomic E-state index is 12.9. The van der Waals surface area contributed by atoms with Crippen molar-refractivity contribution in [1.82, 2.24) is 24.8 Å². The van der Waals surface area contributed by atoms with E-state index in [2.05, 4.69) is 20.6 Å². The van der Waals surface area contributed by atoms with Crippen LogP contribution in [0.3, 0.4) is 0 Å². The smallest absolute Gasteiger partial charge is 0.283 e. The van der Waals surface area contributed by atoms with Crippen LogP contribution in [0.2, 0.25) is 0 Å². The zero-order valence-corrected chi connectivity index (χ0v) is 16.7. The number of thiophene rings is 1. The second kappa shape index (κ2) is 7.40. The van der Waals surface area contributed by atoms with E-state index in [0.29, 0.717) is 4.88 Å². The normalized spacial score (nSPS) is 11.5. The number of hydrogen-bond acceptors (Lipinski definition) is 5. The summed E-state index contributed by atoms with van der Waals surface area (Å²) in [5.41, 5.74) is 6.33. The van der Waals surface area contributed by atoms with Gasteiger partial charge in [0.25, 0.3) is 5.91 Å². The highest BCUT2D eigenvalue weighted by Crippen LogP contribution is 2.35. The Balaban J connectivity index is 1.70. The number of rotatable bonds is 5. The summed E-state index contributed by atoms with van der Waals surface area (Å²) < 4.78 is 3.75. The molecule has 0 saturated heterocycles. The fourth-order valence-corrected chi connectivity index (χ4v) is 4.33. The Bertz CT molecular complexity index is 1170. The molecule has 1 N–H and O–H groups in total. The molecule has 0 aliphatic heterocycles. The molecule has 0 atom stereocenters. The number of pyridine rings is 1. The second-order valence-corrected chi connectivity index (χ2v) is 7.46. The summed E-state index contributed by atoms with van der Waals surface area (Å²) in [4.78, 5) is 19.0. The molecule has 0 saturated carbocycles. The highest BCUT2D eigenvalue weighted by molar-refractivity contribution is 7.21. The Labute approximate surface area is 166 Å². The lowest BCUT2D eigenvalue weighted by Gasteiger charge is -2.07. The molecular formula is C20H20N6OS. The van der Waals surface area contributed by atoms with Gasteiger partial charge in [0.1, 0.15) is 9.71 Å². The zero-order valence-electron chi connectivity index (χ0n) is 15.9. The molecule has 0 bridgehead atoms. The topological polar surface area (TPSA) is 77.1 Å². The fraction of sp³-hybridized carbons (Fsp3) is 0.200. The molecule has 0 aliphatic carbocycles. The number of hydrazone groups is 1. The lowest BCUT2D eigenvalue weighted by atomic mass is 10.1. The Kier molecular flexibility index (Phi) is 4.79.